The van der Waals surface area contributed by atoms with E-state index in [1.807, 2.05) is 12.3 Å². The highest BCUT2D eigenvalue weighted by molar-refractivity contribution is 5.97. The summed E-state index contributed by atoms with van der Waals surface area (Å²) >= 11 is 0. The third kappa shape index (κ3) is 6.08. The number of hydrogen-bond acceptors (Lipinski definition) is 3. The normalized spacial score (nSPS) is 12.9. The van der Waals surface area contributed by atoms with Crippen molar-refractivity contribution in [3.05, 3.63) is 168 Å². The van der Waals surface area contributed by atoms with Gasteiger partial charge in [0.05, 0.1) is 28.0 Å². The smallest absolute Gasteiger partial charge is 0.149 e. The van der Waals surface area contributed by atoms with Crippen molar-refractivity contribution in [1.29, 1.82) is 0 Å². The van der Waals surface area contributed by atoms with Gasteiger partial charge < -0.3 is 5.11 Å². The van der Waals surface area contributed by atoms with E-state index in [9.17, 15) is 5.11 Å². The number of phenolic OH excluding ortho intramolecular Hbond substituents is 1. The Labute approximate surface area is 317 Å². The predicted octanol–water partition coefficient (Wildman–Crippen LogP) is 12.6. The van der Waals surface area contributed by atoms with E-state index in [2.05, 4.69) is 165 Å². The molecule has 0 spiro atoms. The lowest BCUT2D eigenvalue weighted by Gasteiger charge is -2.22. The summed E-state index contributed by atoms with van der Waals surface area (Å²) in [4.78, 5) is 10.4. The molecule has 54 heavy (non-hydrogen) atoms. The second kappa shape index (κ2) is 13.6. The van der Waals surface area contributed by atoms with Crippen molar-refractivity contribution in [3.8, 4) is 67.5 Å². The molecule has 0 saturated heterocycles. The fraction of sp³-hybridized carbons (Fsp3) is 0.160. The van der Waals surface area contributed by atoms with Crippen LogP contribution in [0.1, 0.15) is 50.3 Å². The maximum Gasteiger partial charge on any atom is 0.149 e. The molecule has 2 aromatic heterocycles. The molecule has 8 aromatic rings. The van der Waals surface area contributed by atoms with Crippen molar-refractivity contribution < 1.29 is 5.11 Å². The predicted molar refractivity (Wildman–Crippen MR) is 223 cm³/mol. The van der Waals surface area contributed by atoms with Gasteiger partial charge in [0.2, 0.25) is 0 Å². The first-order valence-electron chi connectivity index (χ1n) is 19.0. The molecule has 1 N–H and O–H groups in total. The van der Waals surface area contributed by atoms with Gasteiger partial charge in [-0.1, -0.05) is 124 Å². The zero-order valence-electron chi connectivity index (χ0n) is 31.1. The summed E-state index contributed by atoms with van der Waals surface area (Å²) in [5, 5.41) is 12.0. The molecule has 0 atom stereocenters. The molecule has 4 nitrogen and oxygen atoms in total. The van der Waals surface area contributed by atoms with Crippen LogP contribution in [0.5, 0.6) is 5.75 Å². The van der Waals surface area contributed by atoms with Gasteiger partial charge in [0.1, 0.15) is 11.6 Å². The Kier molecular flexibility index (Phi) is 8.47. The second-order valence-electron chi connectivity index (χ2n) is 15.5. The number of para-hydroxylation sites is 2. The highest BCUT2D eigenvalue weighted by Gasteiger charge is 2.25. The van der Waals surface area contributed by atoms with Crippen LogP contribution < -0.4 is 0 Å². The van der Waals surface area contributed by atoms with Crippen LogP contribution in [0.15, 0.2) is 152 Å². The highest BCUT2D eigenvalue weighted by atomic mass is 16.3. The van der Waals surface area contributed by atoms with Crippen LogP contribution in [0.4, 0.5) is 0 Å². The van der Waals surface area contributed by atoms with Crippen molar-refractivity contribution in [1.82, 2.24) is 14.5 Å². The molecule has 0 unspecified atom stereocenters. The molecule has 1 aliphatic rings. The Morgan fingerprint density at radius 1 is 0.574 bits per heavy atom. The molecule has 264 valence electrons. The van der Waals surface area contributed by atoms with E-state index in [-0.39, 0.29) is 5.41 Å². The minimum absolute atomic E-state index is 0.107. The summed E-state index contributed by atoms with van der Waals surface area (Å²) < 4.78 is 2.25. The highest BCUT2D eigenvalue weighted by Crippen LogP contribution is 2.43. The largest absolute Gasteiger partial charge is 0.507 e. The lowest BCUT2D eigenvalue weighted by atomic mass is 9.83. The summed E-state index contributed by atoms with van der Waals surface area (Å²) in [7, 11) is 0. The standard InChI is InChI=1S/C50H43N3O/c1-50(2,3)39-30-37(29-38(31-39)44-32-36(27-28-51-44)33-15-6-4-7-16-33)41-22-14-24-46-47(41)52-49(43-26-25-35-19-10-11-21-42(35)48(43)54)53(46)45-23-13-12-20-40(45)34-17-8-5-9-18-34/h4-9,12-18,20,22-32,54H,10-11,19,21H2,1-3H3. The van der Waals surface area contributed by atoms with E-state index >= 15 is 0 Å². The molecule has 6 aromatic carbocycles. The molecule has 0 bridgehead atoms. The molecule has 0 aliphatic heterocycles. The minimum Gasteiger partial charge on any atom is -0.507 e. The summed E-state index contributed by atoms with van der Waals surface area (Å²) in [6.07, 6.45) is 6.01. The minimum atomic E-state index is -0.107. The van der Waals surface area contributed by atoms with Crippen LogP contribution in [0.3, 0.4) is 0 Å². The molecule has 9 rings (SSSR count). The zero-order chi connectivity index (χ0) is 36.8. The van der Waals surface area contributed by atoms with Gasteiger partial charge in [0, 0.05) is 22.9 Å². The second-order valence-corrected chi connectivity index (χ2v) is 15.5. The summed E-state index contributed by atoms with van der Waals surface area (Å²) in [6.45, 7) is 6.78. The molecule has 0 amide bonds. The SMILES string of the molecule is CC(C)(C)c1cc(-c2cc(-c3ccccc3)ccn2)cc(-c2cccc3c2nc(-c2ccc4c(c2O)CCCC4)n3-c2ccccc2-c2ccccc2)c1. The molecular formula is C50H43N3O. The third-order valence-electron chi connectivity index (χ3n) is 10.9. The Balaban J connectivity index is 1.30. The number of pyridine rings is 1. The summed E-state index contributed by atoms with van der Waals surface area (Å²) in [5.41, 5.74) is 15.7. The third-order valence-corrected chi connectivity index (χ3v) is 10.9. The molecule has 0 saturated carbocycles. The first-order valence-corrected chi connectivity index (χ1v) is 19.0. The molecule has 1 aliphatic carbocycles. The van der Waals surface area contributed by atoms with E-state index < -0.39 is 0 Å². The number of nitrogens with zero attached hydrogens (tertiary/aromatic N) is 3. The van der Waals surface area contributed by atoms with Gasteiger partial charge in [-0.15, -0.1) is 0 Å². The maximum absolute atomic E-state index is 12.0. The number of fused-ring (bicyclic) bond motifs is 2. The molecule has 0 radical (unpaired) electrons. The van der Waals surface area contributed by atoms with Crippen molar-refractivity contribution in [3.63, 3.8) is 0 Å². The van der Waals surface area contributed by atoms with Gasteiger partial charge in [-0.3, -0.25) is 9.55 Å². The van der Waals surface area contributed by atoms with Crippen molar-refractivity contribution in [2.75, 3.05) is 0 Å². The zero-order valence-corrected chi connectivity index (χ0v) is 31.1. The van der Waals surface area contributed by atoms with E-state index in [0.717, 1.165) is 104 Å². The molecular weight excluding hydrogens is 659 g/mol. The Hall–Kier alpha value is -6.26. The topological polar surface area (TPSA) is 50.9 Å². The average molecular weight is 702 g/mol. The number of hydrogen-bond donors (Lipinski definition) is 1. The van der Waals surface area contributed by atoms with Crippen molar-refractivity contribution in [2.24, 2.45) is 0 Å². The summed E-state index contributed by atoms with van der Waals surface area (Å²) in [5.74, 6) is 1.08. The first-order chi connectivity index (χ1) is 26.3. The van der Waals surface area contributed by atoms with Crippen LogP contribution in [0, 0.1) is 0 Å². The van der Waals surface area contributed by atoms with Gasteiger partial charge in [-0.25, -0.2) is 4.98 Å². The number of phenols is 1. The number of imidazole rings is 1. The van der Waals surface area contributed by atoms with E-state index in [1.54, 1.807) is 0 Å². The number of benzene rings is 6. The lowest BCUT2D eigenvalue weighted by molar-refractivity contribution is 0.463. The molecule has 2 heterocycles. The van der Waals surface area contributed by atoms with Gasteiger partial charge in [-0.05, 0) is 113 Å². The van der Waals surface area contributed by atoms with Crippen molar-refractivity contribution >= 4 is 11.0 Å². The summed E-state index contributed by atoms with van der Waals surface area (Å²) in [6, 6.07) is 51.4. The molecule has 0 fully saturated rings. The van der Waals surface area contributed by atoms with Gasteiger partial charge in [-0.2, -0.15) is 0 Å². The van der Waals surface area contributed by atoms with Crippen LogP contribution in [-0.4, -0.2) is 19.6 Å². The first kappa shape index (κ1) is 33.6. The lowest BCUT2D eigenvalue weighted by Crippen LogP contribution is -2.11. The van der Waals surface area contributed by atoms with Crippen LogP contribution in [0.25, 0.3) is 72.7 Å². The fourth-order valence-corrected chi connectivity index (χ4v) is 8.04. The Morgan fingerprint density at radius 2 is 1.28 bits per heavy atom. The number of aromatic hydroxyl groups is 1. The number of aromatic nitrogens is 3. The number of rotatable bonds is 6. The van der Waals surface area contributed by atoms with Crippen LogP contribution in [0.2, 0.25) is 0 Å². The number of aryl methyl sites for hydroxylation is 1. The van der Waals surface area contributed by atoms with Crippen LogP contribution >= 0.6 is 0 Å². The van der Waals surface area contributed by atoms with E-state index in [1.165, 1.54) is 11.1 Å². The average Bonchev–Trinajstić information content (AvgIpc) is 3.61. The van der Waals surface area contributed by atoms with Gasteiger partial charge >= 0.3 is 0 Å². The molecule has 4 heteroatoms. The maximum atomic E-state index is 12.0. The Bertz CT molecular complexity index is 2650. The van der Waals surface area contributed by atoms with Gasteiger partial charge in [0.25, 0.3) is 0 Å². The van der Waals surface area contributed by atoms with Crippen molar-refractivity contribution in [2.45, 2.75) is 51.9 Å². The monoisotopic (exact) mass is 701 g/mol. The van der Waals surface area contributed by atoms with Gasteiger partial charge in [0.15, 0.2) is 0 Å². The quantitative estimate of drug-likeness (QED) is 0.188. The van der Waals surface area contributed by atoms with E-state index in [4.69, 9.17) is 9.97 Å². The van der Waals surface area contributed by atoms with Crippen LogP contribution in [-0.2, 0) is 18.3 Å². The van der Waals surface area contributed by atoms with E-state index in [0.29, 0.717) is 5.75 Å². The Morgan fingerprint density at radius 3 is 2.07 bits per heavy atom. The fourth-order valence-electron chi connectivity index (χ4n) is 8.04.